The highest BCUT2D eigenvalue weighted by atomic mass is 16.5. The monoisotopic (exact) mass is 271 g/mol. The number of rotatable bonds is 6. The maximum Gasteiger partial charge on any atom is 0.178 e. The van der Waals surface area contributed by atoms with Crippen LogP contribution in [0.15, 0.2) is 48.5 Å². The van der Waals surface area contributed by atoms with Gasteiger partial charge in [-0.3, -0.25) is 0 Å². The first-order valence-electron chi connectivity index (χ1n) is 6.81. The number of phenolic OH excluding ortho intramolecular Hbond substituents is 2. The molecule has 0 aliphatic heterocycles. The second-order valence-corrected chi connectivity index (χ2v) is 4.65. The highest BCUT2D eigenvalue weighted by molar-refractivity contribution is 5.45. The summed E-state index contributed by atoms with van der Waals surface area (Å²) in [6.07, 6.45) is 3.65. The average molecular weight is 271 g/mol. The second kappa shape index (κ2) is 6.85. The minimum atomic E-state index is 0.0210. The van der Waals surface area contributed by atoms with Gasteiger partial charge in [-0.1, -0.05) is 43.7 Å². The first-order chi connectivity index (χ1) is 9.70. The third-order valence-electron chi connectivity index (χ3n) is 3.03. The Morgan fingerprint density at radius 3 is 2.50 bits per heavy atom. The number of aromatic hydroxyl groups is 2. The SMILES string of the molecule is CCCC[C](Oc1cc(O)ccc1O)c1ccccc1. The van der Waals surface area contributed by atoms with E-state index >= 15 is 0 Å². The number of hydrogen-bond donors (Lipinski definition) is 2. The van der Waals surface area contributed by atoms with Gasteiger partial charge in [0.2, 0.25) is 0 Å². The van der Waals surface area contributed by atoms with Gasteiger partial charge in [-0.25, -0.2) is 0 Å². The van der Waals surface area contributed by atoms with Crippen LogP contribution >= 0.6 is 0 Å². The van der Waals surface area contributed by atoms with Gasteiger partial charge in [0.1, 0.15) is 5.75 Å². The van der Waals surface area contributed by atoms with Crippen LogP contribution < -0.4 is 4.74 Å². The van der Waals surface area contributed by atoms with Crippen molar-refractivity contribution in [3.63, 3.8) is 0 Å². The fraction of sp³-hybridized carbons (Fsp3) is 0.235. The predicted octanol–water partition coefficient (Wildman–Crippen LogP) is 4.25. The van der Waals surface area contributed by atoms with E-state index in [-0.39, 0.29) is 17.2 Å². The molecule has 0 amide bonds. The van der Waals surface area contributed by atoms with Crippen LogP contribution in [0.4, 0.5) is 0 Å². The van der Waals surface area contributed by atoms with Gasteiger partial charge < -0.3 is 14.9 Å². The van der Waals surface area contributed by atoms with E-state index in [1.165, 1.54) is 18.2 Å². The van der Waals surface area contributed by atoms with Crippen molar-refractivity contribution in [1.82, 2.24) is 0 Å². The molecule has 1 radical (unpaired) electrons. The molecule has 2 aromatic carbocycles. The smallest absolute Gasteiger partial charge is 0.178 e. The topological polar surface area (TPSA) is 49.7 Å². The van der Waals surface area contributed by atoms with Gasteiger partial charge in [0.05, 0.1) is 0 Å². The Morgan fingerprint density at radius 2 is 1.80 bits per heavy atom. The van der Waals surface area contributed by atoms with Crippen LogP contribution in [-0.4, -0.2) is 10.2 Å². The largest absolute Gasteiger partial charge is 0.508 e. The summed E-state index contributed by atoms with van der Waals surface area (Å²) in [5.74, 6) is 0.369. The van der Waals surface area contributed by atoms with Gasteiger partial charge >= 0.3 is 0 Å². The van der Waals surface area contributed by atoms with E-state index in [0.717, 1.165) is 30.9 Å². The van der Waals surface area contributed by atoms with Crippen molar-refractivity contribution in [3.05, 3.63) is 60.2 Å². The molecule has 0 spiro atoms. The number of hydrogen-bond acceptors (Lipinski definition) is 3. The second-order valence-electron chi connectivity index (χ2n) is 4.65. The molecule has 0 aliphatic rings. The van der Waals surface area contributed by atoms with Crippen molar-refractivity contribution in [2.24, 2.45) is 0 Å². The van der Waals surface area contributed by atoms with Crippen LogP contribution in [0.1, 0.15) is 31.7 Å². The molecule has 2 aromatic rings. The first-order valence-corrected chi connectivity index (χ1v) is 6.81. The Balaban J connectivity index is 2.21. The van der Waals surface area contributed by atoms with Crippen molar-refractivity contribution < 1.29 is 14.9 Å². The molecule has 2 rings (SSSR count). The van der Waals surface area contributed by atoms with Crippen LogP contribution in [0.3, 0.4) is 0 Å². The first kappa shape index (κ1) is 14.3. The molecule has 0 aliphatic carbocycles. The summed E-state index contributed by atoms with van der Waals surface area (Å²) in [6.45, 7) is 2.12. The highest BCUT2D eigenvalue weighted by Crippen LogP contribution is 2.34. The van der Waals surface area contributed by atoms with Crippen LogP contribution in [0.5, 0.6) is 17.2 Å². The lowest BCUT2D eigenvalue weighted by atomic mass is 10.0. The molecule has 0 bridgehead atoms. The van der Waals surface area contributed by atoms with Gasteiger partial charge in [0, 0.05) is 6.07 Å². The van der Waals surface area contributed by atoms with Gasteiger partial charge in [-0.15, -0.1) is 0 Å². The fourth-order valence-corrected chi connectivity index (χ4v) is 1.93. The summed E-state index contributed by atoms with van der Waals surface area (Å²) in [5.41, 5.74) is 0.990. The van der Waals surface area contributed by atoms with E-state index in [0.29, 0.717) is 0 Å². The van der Waals surface area contributed by atoms with Gasteiger partial charge in [-0.05, 0) is 30.5 Å². The molecular formula is C17H19O3. The molecule has 2 N–H and O–H groups in total. The van der Waals surface area contributed by atoms with Crippen LogP contribution in [0, 0.1) is 6.10 Å². The van der Waals surface area contributed by atoms with Crippen molar-refractivity contribution in [1.29, 1.82) is 0 Å². The average Bonchev–Trinajstić information content (AvgIpc) is 2.48. The fourth-order valence-electron chi connectivity index (χ4n) is 1.93. The van der Waals surface area contributed by atoms with Gasteiger partial charge in [0.25, 0.3) is 0 Å². The van der Waals surface area contributed by atoms with E-state index in [9.17, 15) is 10.2 Å². The lowest BCUT2D eigenvalue weighted by Crippen LogP contribution is -2.08. The molecule has 0 atom stereocenters. The summed E-state index contributed by atoms with van der Waals surface area (Å²) < 4.78 is 5.82. The molecule has 0 fully saturated rings. The molecule has 0 aromatic heterocycles. The zero-order chi connectivity index (χ0) is 14.4. The molecule has 0 unspecified atom stereocenters. The normalized spacial score (nSPS) is 10.7. The molecule has 105 valence electrons. The van der Waals surface area contributed by atoms with Crippen molar-refractivity contribution in [3.8, 4) is 17.2 Å². The Bertz CT molecular complexity index is 537. The van der Waals surface area contributed by atoms with Crippen LogP contribution in [0.2, 0.25) is 0 Å². The summed E-state index contributed by atoms with van der Waals surface area (Å²) in [4.78, 5) is 0. The third kappa shape index (κ3) is 3.67. The van der Waals surface area contributed by atoms with E-state index in [4.69, 9.17) is 4.74 Å². The molecule has 3 heteroatoms. The Kier molecular flexibility index (Phi) is 4.88. The Labute approximate surface area is 119 Å². The van der Waals surface area contributed by atoms with Crippen LogP contribution in [-0.2, 0) is 0 Å². The van der Waals surface area contributed by atoms with Crippen molar-refractivity contribution in [2.45, 2.75) is 26.2 Å². The minimum Gasteiger partial charge on any atom is -0.508 e. The summed E-state index contributed by atoms with van der Waals surface area (Å²) in [5, 5.41) is 19.3. The van der Waals surface area contributed by atoms with Crippen molar-refractivity contribution in [2.75, 3.05) is 0 Å². The molecular weight excluding hydrogens is 252 g/mol. The van der Waals surface area contributed by atoms with E-state index in [2.05, 4.69) is 6.92 Å². The predicted molar refractivity (Wildman–Crippen MR) is 78.7 cm³/mol. The third-order valence-corrected chi connectivity index (χ3v) is 3.03. The quantitative estimate of drug-likeness (QED) is 0.772. The number of ether oxygens (including phenoxy) is 1. The maximum absolute atomic E-state index is 9.81. The standard InChI is InChI=1S/C17H19O3/c1-2-3-9-16(13-7-5-4-6-8-13)20-17-12-14(18)10-11-15(17)19/h4-8,10-12,18-19H,2-3,9H2,1H3. The lowest BCUT2D eigenvalue weighted by molar-refractivity contribution is 0.307. The lowest BCUT2D eigenvalue weighted by Gasteiger charge is -2.18. The maximum atomic E-state index is 9.81. The van der Waals surface area contributed by atoms with Gasteiger partial charge in [-0.2, -0.15) is 0 Å². The summed E-state index contributed by atoms with van der Waals surface area (Å²) in [6, 6.07) is 14.1. The summed E-state index contributed by atoms with van der Waals surface area (Å²) >= 11 is 0. The highest BCUT2D eigenvalue weighted by Gasteiger charge is 2.16. The number of phenols is 2. The zero-order valence-electron chi connectivity index (χ0n) is 11.5. The number of unbranched alkanes of at least 4 members (excludes halogenated alkanes) is 1. The molecule has 0 saturated carbocycles. The molecule has 3 nitrogen and oxygen atoms in total. The van der Waals surface area contributed by atoms with Gasteiger partial charge in [0.15, 0.2) is 17.6 Å². The Hall–Kier alpha value is -2.16. The molecule has 20 heavy (non-hydrogen) atoms. The zero-order valence-corrected chi connectivity index (χ0v) is 11.5. The van der Waals surface area contributed by atoms with E-state index in [1.54, 1.807) is 0 Å². The van der Waals surface area contributed by atoms with E-state index < -0.39 is 0 Å². The molecule has 0 heterocycles. The molecule has 0 saturated heterocycles. The Morgan fingerprint density at radius 1 is 1.05 bits per heavy atom. The minimum absolute atomic E-state index is 0.0210. The number of benzene rings is 2. The van der Waals surface area contributed by atoms with E-state index in [1.807, 2.05) is 30.3 Å². The van der Waals surface area contributed by atoms with Crippen LogP contribution in [0.25, 0.3) is 0 Å². The van der Waals surface area contributed by atoms with Crippen molar-refractivity contribution >= 4 is 0 Å². The summed E-state index contributed by atoms with van der Waals surface area (Å²) in [7, 11) is 0.